The number of carbonyl (C=O) groups excluding carboxylic acids is 1. The number of ether oxygens (including phenoxy) is 1. The molecular weight excluding hydrogens is 302 g/mol. The first-order valence-electron chi connectivity index (χ1n) is 8.68. The number of likely N-dealkylation sites (tertiary alicyclic amines) is 1. The molecule has 5 heteroatoms. The summed E-state index contributed by atoms with van der Waals surface area (Å²) in [4.78, 5) is 14.1. The Balaban J connectivity index is 1.58. The first-order valence-corrected chi connectivity index (χ1v) is 8.68. The van der Waals surface area contributed by atoms with Crippen molar-refractivity contribution < 1.29 is 9.53 Å². The number of piperidine rings is 1. The van der Waals surface area contributed by atoms with Crippen molar-refractivity contribution in [3.8, 4) is 0 Å². The van der Waals surface area contributed by atoms with Crippen LogP contribution in [0.1, 0.15) is 39.2 Å². The van der Waals surface area contributed by atoms with E-state index in [0.717, 1.165) is 31.6 Å². The average Bonchev–Trinajstić information content (AvgIpc) is 3.04. The molecule has 2 aliphatic heterocycles. The standard InChI is InChI=1S/C19H27N3O2/c1-19(2,3)24-18(23)22-11-7-10-15(13-22)17-20-12-16(21-17)14-8-5-4-6-9-14/h4-6,8-9,12,15,17,20-21H,7,10-11,13H2,1-3H3/t15-,17?/m1/s1. The highest BCUT2D eigenvalue weighted by Crippen LogP contribution is 2.25. The van der Waals surface area contributed by atoms with Crippen LogP contribution in [0.3, 0.4) is 0 Å². The van der Waals surface area contributed by atoms with Gasteiger partial charge >= 0.3 is 6.09 Å². The normalized spacial score (nSPS) is 24.0. The van der Waals surface area contributed by atoms with Crippen molar-refractivity contribution in [2.75, 3.05) is 13.1 Å². The molecule has 1 fully saturated rings. The van der Waals surface area contributed by atoms with Crippen molar-refractivity contribution in [3.63, 3.8) is 0 Å². The van der Waals surface area contributed by atoms with Crippen LogP contribution < -0.4 is 10.6 Å². The van der Waals surface area contributed by atoms with Gasteiger partial charge in [0.1, 0.15) is 11.8 Å². The SMILES string of the molecule is CC(C)(C)OC(=O)N1CCC[C@@H](C2NC=C(c3ccccc3)N2)C1. The van der Waals surface area contributed by atoms with Gasteiger partial charge in [0.25, 0.3) is 0 Å². The molecule has 2 aliphatic rings. The largest absolute Gasteiger partial charge is 0.444 e. The maximum absolute atomic E-state index is 12.3. The molecule has 2 N–H and O–H groups in total. The molecule has 1 amide bonds. The van der Waals surface area contributed by atoms with Gasteiger partial charge in [0.15, 0.2) is 0 Å². The topological polar surface area (TPSA) is 53.6 Å². The number of rotatable bonds is 2. The first kappa shape index (κ1) is 16.7. The number of hydrogen-bond acceptors (Lipinski definition) is 4. The van der Waals surface area contributed by atoms with E-state index in [1.165, 1.54) is 5.56 Å². The van der Waals surface area contributed by atoms with E-state index in [1.807, 2.05) is 50.1 Å². The van der Waals surface area contributed by atoms with Crippen molar-refractivity contribution in [1.29, 1.82) is 0 Å². The minimum absolute atomic E-state index is 0.158. The zero-order chi connectivity index (χ0) is 17.2. The van der Waals surface area contributed by atoms with Crippen LogP contribution in [0.15, 0.2) is 36.5 Å². The second kappa shape index (κ2) is 6.75. The molecule has 2 heterocycles. The second-order valence-corrected chi connectivity index (χ2v) is 7.54. The minimum atomic E-state index is -0.448. The van der Waals surface area contributed by atoms with Crippen molar-refractivity contribution in [3.05, 3.63) is 42.1 Å². The van der Waals surface area contributed by atoms with Gasteiger partial charge in [-0.2, -0.15) is 0 Å². The highest BCUT2D eigenvalue weighted by atomic mass is 16.6. The Kier molecular flexibility index (Phi) is 4.69. The zero-order valence-electron chi connectivity index (χ0n) is 14.7. The van der Waals surface area contributed by atoms with E-state index >= 15 is 0 Å². The number of amides is 1. The molecule has 0 bridgehead atoms. The summed E-state index contributed by atoms with van der Waals surface area (Å²) in [6, 6.07) is 10.3. The smallest absolute Gasteiger partial charge is 0.410 e. The lowest BCUT2D eigenvalue weighted by Crippen LogP contribution is -2.50. The van der Waals surface area contributed by atoms with E-state index in [9.17, 15) is 4.79 Å². The Morgan fingerprint density at radius 1 is 1.25 bits per heavy atom. The van der Waals surface area contributed by atoms with Gasteiger partial charge in [0.2, 0.25) is 0 Å². The molecule has 130 valence electrons. The quantitative estimate of drug-likeness (QED) is 0.875. The van der Waals surface area contributed by atoms with E-state index < -0.39 is 5.60 Å². The summed E-state index contributed by atoms with van der Waals surface area (Å²) >= 11 is 0. The van der Waals surface area contributed by atoms with Crippen LogP contribution in [0.2, 0.25) is 0 Å². The number of nitrogens with zero attached hydrogens (tertiary/aromatic N) is 1. The molecule has 1 saturated heterocycles. The predicted octanol–water partition coefficient (Wildman–Crippen LogP) is 3.15. The van der Waals surface area contributed by atoms with Gasteiger partial charge in [0, 0.05) is 25.2 Å². The summed E-state index contributed by atoms with van der Waals surface area (Å²) in [5, 5.41) is 6.99. The number of nitrogens with one attached hydrogen (secondary N) is 2. The Labute approximate surface area is 144 Å². The van der Waals surface area contributed by atoms with Crippen LogP contribution in [0.5, 0.6) is 0 Å². The van der Waals surface area contributed by atoms with Gasteiger partial charge in [-0.3, -0.25) is 0 Å². The third-order valence-electron chi connectivity index (χ3n) is 4.38. The summed E-state index contributed by atoms with van der Waals surface area (Å²) < 4.78 is 5.51. The number of carbonyl (C=O) groups is 1. The Morgan fingerprint density at radius 3 is 2.71 bits per heavy atom. The third-order valence-corrected chi connectivity index (χ3v) is 4.38. The molecule has 2 atom stereocenters. The number of hydrogen-bond donors (Lipinski definition) is 2. The summed E-state index contributed by atoms with van der Waals surface area (Å²) in [7, 11) is 0. The second-order valence-electron chi connectivity index (χ2n) is 7.54. The first-order chi connectivity index (χ1) is 11.4. The molecule has 1 unspecified atom stereocenters. The summed E-state index contributed by atoms with van der Waals surface area (Å²) in [5.74, 6) is 0.365. The lowest BCUT2D eigenvalue weighted by molar-refractivity contribution is 0.0145. The van der Waals surface area contributed by atoms with E-state index in [0.29, 0.717) is 5.92 Å². The van der Waals surface area contributed by atoms with E-state index in [1.54, 1.807) is 0 Å². The molecule has 0 spiro atoms. The molecule has 1 aromatic rings. The monoisotopic (exact) mass is 329 g/mol. The molecule has 0 aromatic heterocycles. The van der Waals surface area contributed by atoms with Gasteiger partial charge in [-0.05, 0) is 39.2 Å². The van der Waals surface area contributed by atoms with Gasteiger partial charge in [-0.15, -0.1) is 0 Å². The van der Waals surface area contributed by atoms with Crippen LogP contribution in [0, 0.1) is 5.92 Å². The lowest BCUT2D eigenvalue weighted by atomic mass is 9.95. The van der Waals surface area contributed by atoms with Crippen molar-refractivity contribution in [2.24, 2.45) is 5.92 Å². The minimum Gasteiger partial charge on any atom is -0.444 e. The van der Waals surface area contributed by atoms with Crippen LogP contribution >= 0.6 is 0 Å². The molecule has 5 nitrogen and oxygen atoms in total. The van der Waals surface area contributed by atoms with Crippen molar-refractivity contribution >= 4 is 11.8 Å². The van der Waals surface area contributed by atoms with E-state index in [4.69, 9.17) is 4.74 Å². The maximum Gasteiger partial charge on any atom is 0.410 e. The predicted molar refractivity (Wildman–Crippen MR) is 95.0 cm³/mol. The van der Waals surface area contributed by atoms with Crippen LogP contribution in [0.4, 0.5) is 4.79 Å². The summed E-state index contributed by atoms with van der Waals surface area (Å²) in [6.45, 7) is 7.21. The van der Waals surface area contributed by atoms with Gasteiger partial charge < -0.3 is 20.3 Å². The van der Waals surface area contributed by atoms with E-state index in [-0.39, 0.29) is 12.3 Å². The molecule has 0 aliphatic carbocycles. The van der Waals surface area contributed by atoms with Gasteiger partial charge in [-0.25, -0.2) is 4.79 Å². The number of benzene rings is 1. The molecule has 3 rings (SSSR count). The average molecular weight is 329 g/mol. The molecule has 24 heavy (non-hydrogen) atoms. The van der Waals surface area contributed by atoms with Gasteiger partial charge in [0.05, 0.1) is 5.70 Å². The fraction of sp³-hybridized carbons (Fsp3) is 0.526. The Hall–Kier alpha value is -2.17. The van der Waals surface area contributed by atoms with Crippen molar-refractivity contribution in [2.45, 2.75) is 45.4 Å². The Morgan fingerprint density at radius 2 is 2.00 bits per heavy atom. The molecule has 0 saturated carbocycles. The maximum atomic E-state index is 12.3. The third kappa shape index (κ3) is 4.02. The van der Waals surface area contributed by atoms with Crippen molar-refractivity contribution in [1.82, 2.24) is 15.5 Å². The summed E-state index contributed by atoms with van der Waals surface area (Å²) in [5.41, 5.74) is 1.83. The molecule has 0 radical (unpaired) electrons. The molecule has 1 aromatic carbocycles. The zero-order valence-corrected chi connectivity index (χ0v) is 14.7. The van der Waals surface area contributed by atoms with Crippen LogP contribution in [-0.2, 0) is 4.74 Å². The van der Waals surface area contributed by atoms with Gasteiger partial charge in [-0.1, -0.05) is 30.3 Å². The highest BCUT2D eigenvalue weighted by molar-refractivity contribution is 5.68. The van der Waals surface area contributed by atoms with Crippen LogP contribution in [-0.4, -0.2) is 35.8 Å². The fourth-order valence-electron chi connectivity index (χ4n) is 3.24. The summed E-state index contributed by atoms with van der Waals surface area (Å²) in [6.07, 6.45) is 4.09. The lowest BCUT2D eigenvalue weighted by Gasteiger charge is -2.36. The Bertz CT molecular complexity index is 607. The fourth-order valence-corrected chi connectivity index (χ4v) is 3.24. The molecular formula is C19H27N3O2. The van der Waals surface area contributed by atoms with Crippen LogP contribution in [0.25, 0.3) is 5.70 Å². The highest BCUT2D eigenvalue weighted by Gasteiger charge is 2.33. The van der Waals surface area contributed by atoms with E-state index in [2.05, 4.69) is 22.8 Å².